The molecule has 0 amide bonds. The maximum Gasteiger partial charge on any atom is 0.124 e. The van der Waals surface area contributed by atoms with Gasteiger partial charge in [0.15, 0.2) is 0 Å². The zero-order chi connectivity index (χ0) is 19.7. The van der Waals surface area contributed by atoms with E-state index in [2.05, 4.69) is 23.2 Å². The van der Waals surface area contributed by atoms with Crippen LogP contribution in [0.3, 0.4) is 0 Å². The van der Waals surface area contributed by atoms with Crippen LogP contribution in [0.4, 0.5) is 11.4 Å². The number of rotatable bonds is 2. The van der Waals surface area contributed by atoms with Crippen LogP contribution in [0.1, 0.15) is 6.92 Å². The fraction of sp³-hybridized carbons (Fsp3) is 0.143. The second kappa shape index (κ2) is 10.4. The van der Waals surface area contributed by atoms with E-state index in [1.54, 1.807) is 0 Å². The van der Waals surface area contributed by atoms with E-state index in [-0.39, 0.29) is 9.79 Å². The summed E-state index contributed by atoms with van der Waals surface area (Å²) in [5.74, 6) is 0. The molecule has 25 heavy (non-hydrogen) atoms. The van der Waals surface area contributed by atoms with Crippen molar-refractivity contribution in [3.63, 3.8) is 0 Å². The summed E-state index contributed by atoms with van der Waals surface area (Å²) in [4.78, 5) is -0.515. The number of anilines is 2. The van der Waals surface area contributed by atoms with Gasteiger partial charge in [0.2, 0.25) is 0 Å². The van der Waals surface area contributed by atoms with Crippen molar-refractivity contribution in [1.82, 2.24) is 0 Å². The Bertz CT molecular complexity index is 778. The van der Waals surface area contributed by atoms with Gasteiger partial charge in [-0.05, 0) is 48.5 Å². The normalized spacial score (nSPS) is 10.8. The van der Waals surface area contributed by atoms with Crippen LogP contribution in [0.15, 0.2) is 58.3 Å². The van der Waals surface area contributed by atoms with E-state index in [0.717, 1.165) is 0 Å². The Balaban J connectivity index is 0.000000399. The van der Waals surface area contributed by atoms with Crippen LogP contribution in [0.2, 0.25) is 5.28 Å². The molecule has 0 aromatic heterocycles. The van der Waals surface area contributed by atoms with Crippen molar-refractivity contribution in [2.45, 2.75) is 22.0 Å². The Morgan fingerprint density at radius 1 is 0.760 bits per heavy atom. The minimum absolute atomic E-state index is 0.258. The van der Waals surface area contributed by atoms with Crippen molar-refractivity contribution < 1.29 is 25.9 Å². The van der Waals surface area contributed by atoms with Gasteiger partial charge in [-0.3, -0.25) is 0 Å². The van der Waals surface area contributed by atoms with Gasteiger partial charge in [-0.25, -0.2) is 16.8 Å². The SMILES string of the molecule is C[CH2][Al+2].Nc1ccc(S(=O)(=O)[O-])cc1.Nc1ccc(S(=O)(=O)[O-])cc1. The first kappa shape index (κ1) is 23.4. The van der Waals surface area contributed by atoms with Crippen molar-refractivity contribution in [2.24, 2.45) is 0 Å². The number of benzene rings is 2. The third-order valence-corrected chi connectivity index (χ3v) is 4.04. The zero-order valence-electron chi connectivity index (χ0n) is 13.3. The van der Waals surface area contributed by atoms with E-state index in [1.165, 1.54) is 53.8 Å². The molecule has 2 rings (SSSR count). The topological polar surface area (TPSA) is 166 Å². The van der Waals surface area contributed by atoms with Crippen LogP contribution >= 0.6 is 0 Å². The molecule has 0 spiro atoms. The summed E-state index contributed by atoms with van der Waals surface area (Å²) in [6.45, 7) is 2.09. The molecule has 0 aliphatic carbocycles. The van der Waals surface area contributed by atoms with Gasteiger partial charge in [0.25, 0.3) is 0 Å². The van der Waals surface area contributed by atoms with Crippen molar-refractivity contribution >= 4 is 47.9 Å². The van der Waals surface area contributed by atoms with E-state index < -0.39 is 20.2 Å². The van der Waals surface area contributed by atoms with Crippen molar-refractivity contribution in [3.05, 3.63) is 48.5 Å². The van der Waals surface area contributed by atoms with Crippen LogP contribution in [-0.4, -0.2) is 42.2 Å². The minimum Gasteiger partial charge on any atom is -0.744 e. The average Bonchev–Trinajstić information content (AvgIpc) is 2.47. The van der Waals surface area contributed by atoms with Gasteiger partial charge in [-0.1, -0.05) is 0 Å². The van der Waals surface area contributed by atoms with Crippen molar-refractivity contribution in [2.75, 3.05) is 11.5 Å². The molecule has 0 heterocycles. The molecule has 2 aromatic carbocycles. The summed E-state index contributed by atoms with van der Waals surface area (Å²) in [5.41, 5.74) is 11.4. The number of hydrogen-bond acceptors (Lipinski definition) is 8. The Hall–Kier alpha value is -1.61. The summed E-state index contributed by atoms with van der Waals surface area (Å²) >= 11 is 2.58. The largest absolute Gasteiger partial charge is 0.744 e. The van der Waals surface area contributed by atoms with Gasteiger partial charge < -0.3 is 20.6 Å². The molecule has 4 N–H and O–H groups in total. The molecule has 2 aromatic rings. The van der Waals surface area contributed by atoms with E-state index in [4.69, 9.17) is 11.5 Å². The molecule has 0 bridgehead atoms. The van der Waals surface area contributed by atoms with E-state index in [9.17, 15) is 25.9 Å². The Kier molecular flexibility index (Phi) is 9.73. The molecule has 11 heteroatoms. The molecule has 0 aliphatic heterocycles. The Labute approximate surface area is 155 Å². The molecule has 0 unspecified atom stereocenters. The zero-order valence-corrected chi connectivity index (χ0v) is 16.1. The van der Waals surface area contributed by atoms with Crippen molar-refractivity contribution in [3.8, 4) is 0 Å². The standard InChI is InChI=1S/2C6H7NO3S.C2H5.Al/c2*7-5-1-3-6(4-2-5)11(8,9)10;1-2;/h2*1-4H,7H2,(H,8,9,10);1H2,2H3;/q;;;+2/p-2. The van der Waals surface area contributed by atoms with E-state index >= 15 is 0 Å². The van der Waals surface area contributed by atoms with Gasteiger partial charge in [0.05, 0.1) is 9.79 Å². The molecular weight excluding hydrogens is 383 g/mol. The molecule has 0 fully saturated rings. The summed E-state index contributed by atoms with van der Waals surface area (Å²) < 4.78 is 62.1. The van der Waals surface area contributed by atoms with Gasteiger partial charge in [-0.15, -0.1) is 0 Å². The predicted octanol–water partition coefficient (Wildman–Crippen LogP) is 0.939. The van der Waals surface area contributed by atoms with E-state index in [1.807, 2.05) is 0 Å². The Morgan fingerprint density at radius 3 is 1.12 bits per heavy atom. The third-order valence-electron chi connectivity index (χ3n) is 2.34. The van der Waals surface area contributed by atoms with Crippen LogP contribution in [-0.2, 0) is 20.2 Å². The van der Waals surface area contributed by atoms with Crippen molar-refractivity contribution in [1.29, 1.82) is 0 Å². The first-order valence-corrected chi connectivity index (χ1v) is 10.4. The van der Waals surface area contributed by atoms with Gasteiger partial charge in [-0.2, -0.15) is 0 Å². The summed E-state index contributed by atoms with van der Waals surface area (Å²) in [6.07, 6.45) is 0. The minimum atomic E-state index is -4.33. The van der Waals surface area contributed by atoms with E-state index in [0.29, 0.717) is 11.4 Å². The first-order valence-electron chi connectivity index (χ1n) is 6.74. The monoisotopic (exact) mass is 400 g/mol. The maximum atomic E-state index is 10.3. The van der Waals surface area contributed by atoms with Crippen LogP contribution in [0.5, 0.6) is 0 Å². The second-order valence-corrected chi connectivity index (χ2v) is 8.03. The maximum absolute atomic E-state index is 10.3. The average molecular weight is 400 g/mol. The molecular formula is C14H17AlN2O6S2. The molecule has 0 radical (unpaired) electrons. The Morgan fingerprint density at radius 2 is 0.960 bits per heavy atom. The molecule has 0 saturated heterocycles. The van der Waals surface area contributed by atoms with Gasteiger partial charge >= 0.3 is 28.5 Å². The first-order chi connectivity index (χ1) is 11.4. The fourth-order valence-corrected chi connectivity index (χ4v) is 2.21. The molecule has 134 valence electrons. The number of hydrogen-bond donors (Lipinski definition) is 2. The molecule has 0 aliphatic rings. The van der Waals surface area contributed by atoms with Gasteiger partial charge in [0.1, 0.15) is 20.2 Å². The summed E-state index contributed by atoms with van der Waals surface area (Å²) in [7, 11) is -8.65. The molecule has 8 nitrogen and oxygen atoms in total. The second-order valence-electron chi connectivity index (χ2n) is 4.45. The fourth-order valence-electron chi connectivity index (χ4n) is 1.27. The van der Waals surface area contributed by atoms with Crippen LogP contribution in [0, 0.1) is 0 Å². The summed E-state index contributed by atoms with van der Waals surface area (Å²) in [5, 5.41) is 1.17. The summed E-state index contributed by atoms with van der Waals surface area (Å²) in [6, 6.07) is 10.2. The number of nitrogens with two attached hydrogens (primary N) is 2. The molecule has 0 atom stereocenters. The van der Waals surface area contributed by atoms with Crippen LogP contribution in [0.25, 0.3) is 0 Å². The molecule has 0 saturated carbocycles. The number of nitrogen functional groups attached to an aromatic ring is 2. The third kappa shape index (κ3) is 10.1. The van der Waals surface area contributed by atoms with Crippen LogP contribution < -0.4 is 11.5 Å². The quantitative estimate of drug-likeness (QED) is 0.426. The predicted molar refractivity (Wildman–Crippen MR) is 93.9 cm³/mol. The van der Waals surface area contributed by atoms with Gasteiger partial charge in [0, 0.05) is 11.4 Å². The smallest absolute Gasteiger partial charge is 0.124 e.